The van der Waals surface area contributed by atoms with E-state index in [1.54, 1.807) is 24.3 Å². The Morgan fingerprint density at radius 2 is 2.12 bits per heavy atom. The van der Waals surface area contributed by atoms with Gasteiger partial charge in [-0.3, -0.25) is 4.79 Å². The van der Waals surface area contributed by atoms with E-state index >= 15 is 0 Å². The highest BCUT2D eigenvalue weighted by molar-refractivity contribution is 6.01. The zero-order chi connectivity index (χ0) is 17.6. The van der Waals surface area contributed by atoms with Gasteiger partial charge in [0.25, 0.3) is 5.91 Å². The van der Waals surface area contributed by atoms with E-state index in [9.17, 15) is 14.4 Å². The van der Waals surface area contributed by atoms with Crippen LogP contribution in [0, 0.1) is 17.1 Å². The Kier molecular flexibility index (Phi) is 5.26. The van der Waals surface area contributed by atoms with E-state index in [-0.39, 0.29) is 17.5 Å². The zero-order valence-corrected chi connectivity index (χ0v) is 13.5. The maximum Gasteiger partial charge on any atom is 0.262 e. The van der Waals surface area contributed by atoms with Crippen molar-refractivity contribution in [2.75, 3.05) is 13.2 Å². The van der Waals surface area contributed by atoms with Crippen LogP contribution in [0.3, 0.4) is 0 Å². The van der Waals surface area contributed by atoms with Crippen LogP contribution in [0.15, 0.2) is 46.4 Å². The van der Waals surface area contributed by atoms with Crippen LogP contribution in [0.25, 0.3) is 17.4 Å². The molecule has 0 spiro atoms. The third kappa shape index (κ3) is 4.34. The molecule has 1 N–H and O–H groups in total. The monoisotopic (exact) mass is 340 g/mol. The number of nitrogens with zero attached hydrogens (tertiary/aromatic N) is 1. The molecule has 0 bridgehead atoms. The molecule has 1 aromatic carbocycles. The molecule has 0 radical (unpaired) electrons. The van der Waals surface area contributed by atoms with E-state index in [0.717, 1.165) is 12.8 Å². The fourth-order valence-corrected chi connectivity index (χ4v) is 2.60. The smallest absolute Gasteiger partial charge is 0.262 e. The van der Waals surface area contributed by atoms with Crippen molar-refractivity contribution in [3.8, 4) is 17.4 Å². The maximum atomic E-state index is 13.0. The molecule has 2 aromatic rings. The summed E-state index contributed by atoms with van der Waals surface area (Å²) in [4.78, 5) is 12.1. The molecule has 25 heavy (non-hydrogen) atoms. The lowest BCUT2D eigenvalue weighted by molar-refractivity contribution is -0.117. The molecule has 1 aliphatic heterocycles. The molecular formula is C19H17FN2O3. The van der Waals surface area contributed by atoms with Gasteiger partial charge in [-0.15, -0.1) is 0 Å². The van der Waals surface area contributed by atoms with Crippen molar-refractivity contribution in [2.24, 2.45) is 0 Å². The first-order valence-electron chi connectivity index (χ1n) is 8.03. The number of benzene rings is 1. The molecule has 128 valence electrons. The van der Waals surface area contributed by atoms with Crippen molar-refractivity contribution < 1.29 is 18.3 Å². The molecule has 0 saturated carbocycles. The molecule has 6 heteroatoms. The Morgan fingerprint density at radius 3 is 2.80 bits per heavy atom. The van der Waals surface area contributed by atoms with E-state index in [1.165, 1.54) is 18.2 Å². The molecule has 5 nitrogen and oxygen atoms in total. The zero-order valence-electron chi connectivity index (χ0n) is 13.5. The van der Waals surface area contributed by atoms with Crippen molar-refractivity contribution in [1.82, 2.24) is 5.32 Å². The molecular weight excluding hydrogens is 323 g/mol. The Hall–Kier alpha value is -2.91. The van der Waals surface area contributed by atoms with Crippen LogP contribution in [0.1, 0.15) is 18.6 Å². The van der Waals surface area contributed by atoms with Crippen molar-refractivity contribution in [3.05, 3.63) is 53.5 Å². The summed E-state index contributed by atoms with van der Waals surface area (Å²) >= 11 is 0. The van der Waals surface area contributed by atoms with Crippen LogP contribution in [0.5, 0.6) is 0 Å². The molecule has 1 saturated heterocycles. The summed E-state index contributed by atoms with van der Waals surface area (Å²) in [7, 11) is 0. The van der Waals surface area contributed by atoms with Gasteiger partial charge in [-0.2, -0.15) is 5.26 Å². The topological polar surface area (TPSA) is 75.3 Å². The number of hydrogen-bond acceptors (Lipinski definition) is 4. The van der Waals surface area contributed by atoms with Crippen LogP contribution in [-0.2, 0) is 9.53 Å². The van der Waals surface area contributed by atoms with Gasteiger partial charge in [-0.25, -0.2) is 4.39 Å². The van der Waals surface area contributed by atoms with Crippen LogP contribution in [0.2, 0.25) is 0 Å². The quantitative estimate of drug-likeness (QED) is 0.669. The maximum absolute atomic E-state index is 13.0. The molecule has 3 rings (SSSR count). The highest BCUT2D eigenvalue weighted by Gasteiger charge is 2.18. The first kappa shape index (κ1) is 16.9. The summed E-state index contributed by atoms with van der Waals surface area (Å²) in [5, 5.41) is 11.9. The van der Waals surface area contributed by atoms with Gasteiger partial charge in [0.15, 0.2) is 0 Å². The van der Waals surface area contributed by atoms with Crippen molar-refractivity contribution in [3.63, 3.8) is 0 Å². The third-order valence-corrected chi connectivity index (χ3v) is 3.92. The number of hydrogen-bond donors (Lipinski definition) is 1. The summed E-state index contributed by atoms with van der Waals surface area (Å²) in [6.45, 7) is 1.09. The third-order valence-electron chi connectivity index (χ3n) is 3.92. The summed E-state index contributed by atoms with van der Waals surface area (Å²) in [5.74, 6) is 0.120. The number of rotatable bonds is 5. The molecule has 2 heterocycles. The van der Waals surface area contributed by atoms with Crippen molar-refractivity contribution in [2.45, 2.75) is 18.9 Å². The summed E-state index contributed by atoms with van der Waals surface area (Å²) in [6, 6.07) is 11.1. The van der Waals surface area contributed by atoms with Gasteiger partial charge in [-0.1, -0.05) is 0 Å². The average molecular weight is 340 g/mol. The number of nitriles is 1. The van der Waals surface area contributed by atoms with Crippen LogP contribution in [-0.4, -0.2) is 25.2 Å². The van der Waals surface area contributed by atoms with Crippen LogP contribution >= 0.6 is 0 Å². The number of amides is 1. The van der Waals surface area contributed by atoms with Crippen LogP contribution < -0.4 is 5.32 Å². The van der Waals surface area contributed by atoms with Gasteiger partial charge < -0.3 is 14.5 Å². The Bertz CT molecular complexity index is 812. The second-order valence-corrected chi connectivity index (χ2v) is 5.72. The largest absolute Gasteiger partial charge is 0.457 e. The summed E-state index contributed by atoms with van der Waals surface area (Å²) in [6.07, 6.45) is 3.29. The van der Waals surface area contributed by atoms with E-state index in [1.807, 2.05) is 6.07 Å². The van der Waals surface area contributed by atoms with Gasteiger partial charge in [0.2, 0.25) is 0 Å². The number of nitrogens with one attached hydrogen (secondary N) is 1. The number of carbonyl (C=O) groups excluding carboxylic acids is 1. The lowest BCUT2D eigenvalue weighted by Gasteiger charge is -2.09. The van der Waals surface area contributed by atoms with Crippen molar-refractivity contribution >= 4 is 12.0 Å². The minimum absolute atomic E-state index is 0.0117. The number of halogens is 1. The second-order valence-electron chi connectivity index (χ2n) is 5.72. The number of furan rings is 1. The molecule has 1 unspecified atom stereocenters. The Labute approximate surface area is 144 Å². The van der Waals surface area contributed by atoms with Gasteiger partial charge in [0, 0.05) is 24.8 Å². The van der Waals surface area contributed by atoms with E-state index < -0.39 is 5.91 Å². The standard InChI is InChI=1S/C19H17FN2O3/c20-15-5-3-13(4-6-15)18-8-7-16(25-18)10-14(11-21)19(23)22-12-17-2-1-9-24-17/h3-8,10,17H,1-2,9,12H2,(H,22,23). The lowest BCUT2D eigenvalue weighted by atomic mass is 10.2. The predicted octanol–water partition coefficient (Wildman–Crippen LogP) is 3.29. The summed E-state index contributed by atoms with van der Waals surface area (Å²) in [5.41, 5.74) is 0.667. The highest BCUT2D eigenvalue weighted by atomic mass is 19.1. The SMILES string of the molecule is N#CC(=Cc1ccc(-c2ccc(F)cc2)o1)C(=O)NCC1CCCO1. The van der Waals surface area contributed by atoms with Gasteiger partial charge >= 0.3 is 0 Å². The molecule has 1 atom stereocenters. The average Bonchev–Trinajstić information content (AvgIpc) is 3.30. The number of carbonyl (C=O) groups is 1. The van der Waals surface area contributed by atoms with E-state index in [0.29, 0.717) is 30.2 Å². The fraction of sp³-hybridized carbons (Fsp3) is 0.263. The normalized spacial score (nSPS) is 17.3. The molecule has 1 aromatic heterocycles. The minimum Gasteiger partial charge on any atom is -0.457 e. The number of ether oxygens (including phenoxy) is 1. The molecule has 1 aliphatic rings. The predicted molar refractivity (Wildman–Crippen MR) is 89.7 cm³/mol. The first-order valence-corrected chi connectivity index (χ1v) is 8.03. The highest BCUT2D eigenvalue weighted by Crippen LogP contribution is 2.23. The van der Waals surface area contributed by atoms with Crippen LogP contribution in [0.4, 0.5) is 4.39 Å². The molecule has 0 aliphatic carbocycles. The second kappa shape index (κ2) is 7.77. The Morgan fingerprint density at radius 1 is 1.32 bits per heavy atom. The van der Waals surface area contributed by atoms with E-state index in [2.05, 4.69) is 5.32 Å². The lowest BCUT2D eigenvalue weighted by Crippen LogP contribution is -2.32. The van der Waals surface area contributed by atoms with Crippen molar-refractivity contribution in [1.29, 1.82) is 5.26 Å². The van der Waals surface area contributed by atoms with Gasteiger partial charge in [-0.05, 0) is 49.2 Å². The molecule has 1 fully saturated rings. The van der Waals surface area contributed by atoms with E-state index in [4.69, 9.17) is 9.15 Å². The minimum atomic E-state index is -0.460. The fourth-order valence-electron chi connectivity index (χ4n) is 2.60. The Balaban J connectivity index is 1.68. The summed E-state index contributed by atoms with van der Waals surface area (Å²) < 4.78 is 24.0. The van der Waals surface area contributed by atoms with Gasteiger partial charge in [0.05, 0.1) is 6.10 Å². The van der Waals surface area contributed by atoms with Gasteiger partial charge in [0.1, 0.15) is 29.0 Å². The molecule has 1 amide bonds. The first-order chi connectivity index (χ1) is 12.2.